The Balaban J connectivity index is 2.15. The molecule has 15 heavy (non-hydrogen) atoms. The number of aryl methyl sites for hydroxylation is 1. The molecule has 78 valence electrons. The van der Waals surface area contributed by atoms with Crippen molar-refractivity contribution in [1.29, 1.82) is 0 Å². The molecule has 2 heterocycles. The maximum absolute atomic E-state index is 6.15. The lowest BCUT2D eigenvalue weighted by molar-refractivity contribution is 0.718. The highest BCUT2D eigenvalue weighted by atomic mass is 32.1. The molecule has 2 rings (SSSR count). The van der Waals surface area contributed by atoms with Gasteiger partial charge in [0.15, 0.2) is 0 Å². The predicted molar refractivity (Wildman–Crippen MR) is 63.9 cm³/mol. The molecule has 0 aromatic carbocycles. The molecule has 0 saturated heterocycles. The van der Waals surface area contributed by atoms with Crippen LogP contribution in [0.25, 0.3) is 0 Å². The molecular formula is C12H14N2S. The zero-order valence-electron chi connectivity index (χ0n) is 8.68. The minimum Gasteiger partial charge on any atom is -0.324 e. The van der Waals surface area contributed by atoms with E-state index in [1.165, 1.54) is 4.88 Å². The Kier molecular flexibility index (Phi) is 3.14. The van der Waals surface area contributed by atoms with Crippen molar-refractivity contribution in [2.24, 2.45) is 5.73 Å². The van der Waals surface area contributed by atoms with E-state index in [0.717, 1.165) is 17.7 Å². The van der Waals surface area contributed by atoms with Gasteiger partial charge in [0.25, 0.3) is 0 Å². The average Bonchev–Trinajstić information content (AvgIpc) is 2.71. The van der Waals surface area contributed by atoms with Crippen LogP contribution in [0, 0.1) is 6.92 Å². The maximum atomic E-state index is 6.15. The van der Waals surface area contributed by atoms with Crippen LogP contribution < -0.4 is 5.73 Å². The third-order valence-corrected chi connectivity index (χ3v) is 3.35. The van der Waals surface area contributed by atoms with Crippen molar-refractivity contribution in [3.8, 4) is 0 Å². The number of aromatic nitrogens is 1. The Bertz CT molecular complexity index is 423. The Morgan fingerprint density at radius 2 is 2.27 bits per heavy atom. The normalized spacial score (nSPS) is 12.7. The van der Waals surface area contributed by atoms with Gasteiger partial charge in [-0.15, -0.1) is 11.3 Å². The molecule has 0 saturated carbocycles. The number of nitrogens with zero attached hydrogens (tertiary/aromatic N) is 1. The minimum atomic E-state index is 0.0531. The van der Waals surface area contributed by atoms with Gasteiger partial charge >= 0.3 is 0 Å². The zero-order chi connectivity index (χ0) is 10.7. The summed E-state index contributed by atoms with van der Waals surface area (Å²) in [5, 5.41) is 2.08. The lowest BCUT2D eigenvalue weighted by Gasteiger charge is -2.12. The molecule has 0 spiro atoms. The van der Waals surface area contributed by atoms with E-state index in [-0.39, 0.29) is 6.04 Å². The quantitative estimate of drug-likeness (QED) is 0.860. The Morgan fingerprint density at radius 3 is 2.93 bits per heavy atom. The summed E-state index contributed by atoms with van der Waals surface area (Å²) in [6, 6.07) is 8.23. The van der Waals surface area contributed by atoms with Crippen LogP contribution in [0.4, 0.5) is 0 Å². The van der Waals surface area contributed by atoms with Crippen molar-refractivity contribution in [3.63, 3.8) is 0 Å². The van der Waals surface area contributed by atoms with Gasteiger partial charge in [0.2, 0.25) is 0 Å². The summed E-state index contributed by atoms with van der Waals surface area (Å²) in [6.07, 6.45) is 2.70. The van der Waals surface area contributed by atoms with E-state index in [0.29, 0.717) is 0 Å². The number of thiophene rings is 1. The second-order valence-electron chi connectivity index (χ2n) is 3.57. The topological polar surface area (TPSA) is 38.9 Å². The molecule has 0 aliphatic rings. The first-order valence-electron chi connectivity index (χ1n) is 4.97. The molecular weight excluding hydrogens is 204 g/mol. The fourth-order valence-corrected chi connectivity index (χ4v) is 2.41. The fraction of sp³-hybridized carbons (Fsp3) is 0.250. The Labute approximate surface area is 93.8 Å². The molecule has 1 atom stereocenters. The highest BCUT2D eigenvalue weighted by Gasteiger charge is 2.10. The van der Waals surface area contributed by atoms with Crippen LogP contribution in [0.1, 0.15) is 22.2 Å². The summed E-state index contributed by atoms with van der Waals surface area (Å²) in [7, 11) is 0. The van der Waals surface area contributed by atoms with E-state index >= 15 is 0 Å². The number of rotatable bonds is 3. The number of hydrogen-bond donors (Lipinski definition) is 1. The maximum Gasteiger partial charge on any atom is 0.0420 e. The van der Waals surface area contributed by atoms with Crippen LogP contribution in [0.2, 0.25) is 0 Å². The Morgan fingerprint density at radius 1 is 1.40 bits per heavy atom. The van der Waals surface area contributed by atoms with Gasteiger partial charge in [0.05, 0.1) is 0 Å². The summed E-state index contributed by atoms with van der Waals surface area (Å²) in [6.45, 7) is 2.00. The SMILES string of the molecule is Cc1ncccc1C(N)Cc1cccs1. The van der Waals surface area contributed by atoms with E-state index < -0.39 is 0 Å². The number of nitrogens with two attached hydrogens (primary N) is 1. The summed E-state index contributed by atoms with van der Waals surface area (Å²) in [4.78, 5) is 5.58. The first-order valence-corrected chi connectivity index (χ1v) is 5.85. The van der Waals surface area contributed by atoms with Crippen LogP contribution in [0.3, 0.4) is 0 Å². The largest absolute Gasteiger partial charge is 0.324 e. The van der Waals surface area contributed by atoms with Gasteiger partial charge < -0.3 is 5.73 Å². The average molecular weight is 218 g/mol. The van der Waals surface area contributed by atoms with Crippen molar-refractivity contribution in [2.75, 3.05) is 0 Å². The molecule has 3 heteroatoms. The van der Waals surface area contributed by atoms with Crippen LogP contribution >= 0.6 is 11.3 Å². The minimum absolute atomic E-state index is 0.0531. The first-order chi connectivity index (χ1) is 7.27. The Hall–Kier alpha value is -1.19. The molecule has 2 nitrogen and oxygen atoms in total. The number of pyridine rings is 1. The van der Waals surface area contributed by atoms with Gasteiger partial charge in [0.1, 0.15) is 0 Å². The summed E-state index contributed by atoms with van der Waals surface area (Å²) in [5.74, 6) is 0. The molecule has 2 N–H and O–H groups in total. The fourth-order valence-electron chi connectivity index (χ4n) is 1.64. The first kappa shape index (κ1) is 10.3. The summed E-state index contributed by atoms with van der Waals surface area (Å²) < 4.78 is 0. The molecule has 0 aliphatic heterocycles. The van der Waals surface area contributed by atoms with Crippen molar-refractivity contribution >= 4 is 11.3 Å². The lowest BCUT2D eigenvalue weighted by Crippen LogP contribution is -2.14. The van der Waals surface area contributed by atoms with E-state index in [2.05, 4.69) is 28.6 Å². The van der Waals surface area contributed by atoms with Gasteiger partial charge in [-0.05, 0) is 30.0 Å². The van der Waals surface area contributed by atoms with Crippen molar-refractivity contribution in [3.05, 3.63) is 52.0 Å². The van der Waals surface area contributed by atoms with E-state index in [4.69, 9.17) is 5.73 Å². The molecule has 0 bridgehead atoms. The van der Waals surface area contributed by atoms with E-state index in [1.807, 2.05) is 13.0 Å². The highest BCUT2D eigenvalue weighted by molar-refractivity contribution is 7.09. The van der Waals surface area contributed by atoms with Gasteiger partial charge in [0, 0.05) is 29.2 Å². The highest BCUT2D eigenvalue weighted by Crippen LogP contribution is 2.20. The lowest BCUT2D eigenvalue weighted by atomic mass is 10.0. The molecule has 0 radical (unpaired) electrons. The van der Waals surface area contributed by atoms with Gasteiger partial charge in [-0.1, -0.05) is 12.1 Å². The standard InChI is InChI=1S/C12H14N2S/c1-9-11(5-2-6-14-9)12(13)8-10-4-3-7-15-10/h2-7,12H,8,13H2,1H3. The van der Waals surface area contributed by atoms with Crippen molar-refractivity contribution in [1.82, 2.24) is 4.98 Å². The smallest absolute Gasteiger partial charge is 0.0420 e. The van der Waals surface area contributed by atoms with Crippen LogP contribution in [0.5, 0.6) is 0 Å². The van der Waals surface area contributed by atoms with Crippen molar-refractivity contribution < 1.29 is 0 Å². The van der Waals surface area contributed by atoms with Crippen molar-refractivity contribution in [2.45, 2.75) is 19.4 Å². The molecule has 0 fully saturated rings. The van der Waals surface area contributed by atoms with E-state index in [9.17, 15) is 0 Å². The summed E-state index contributed by atoms with van der Waals surface area (Å²) in [5.41, 5.74) is 8.33. The monoisotopic (exact) mass is 218 g/mol. The van der Waals surface area contributed by atoms with Crippen LogP contribution in [0.15, 0.2) is 35.8 Å². The third-order valence-electron chi connectivity index (χ3n) is 2.45. The van der Waals surface area contributed by atoms with Crippen LogP contribution in [-0.4, -0.2) is 4.98 Å². The predicted octanol–water partition coefficient (Wildman–Crippen LogP) is 2.69. The molecule has 0 amide bonds. The van der Waals surface area contributed by atoms with Gasteiger partial charge in [-0.25, -0.2) is 0 Å². The van der Waals surface area contributed by atoms with Gasteiger partial charge in [-0.3, -0.25) is 4.98 Å². The molecule has 2 aromatic heterocycles. The van der Waals surface area contributed by atoms with E-state index in [1.54, 1.807) is 17.5 Å². The van der Waals surface area contributed by atoms with Gasteiger partial charge in [-0.2, -0.15) is 0 Å². The summed E-state index contributed by atoms with van der Waals surface area (Å²) >= 11 is 1.75. The second kappa shape index (κ2) is 4.55. The number of hydrogen-bond acceptors (Lipinski definition) is 3. The second-order valence-corrected chi connectivity index (χ2v) is 4.60. The zero-order valence-corrected chi connectivity index (χ0v) is 9.50. The third kappa shape index (κ3) is 2.43. The molecule has 1 unspecified atom stereocenters. The molecule has 0 aliphatic carbocycles. The van der Waals surface area contributed by atoms with Crippen LogP contribution in [-0.2, 0) is 6.42 Å². The molecule has 2 aromatic rings.